The van der Waals surface area contributed by atoms with E-state index in [0.29, 0.717) is 13.2 Å². The number of alkyl halides is 2. The molecule has 0 radical (unpaired) electrons. The summed E-state index contributed by atoms with van der Waals surface area (Å²) in [5.41, 5.74) is 1.19. The standard InChI is InChI=1S/C15H21Br2ClO2/c1-19-9-10-20-8-4-7-15(11-16,12-17)13-5-2-3-6-14(13)18/h2-3,5-6H,4,7-12H2,1H3. The lowest BCUT2D eigenvalue weighted by Gasteiger charge is -2.31. The first-order valence-corrected chi connectivity index (χ1v) is 9.26. The molecule has 0 aliphatic carbocycles. The summed E-state index contributed by atoms with van der Waals surface area (Å²) in [6, 6.07) is 8.06. The van der Waals surface area contributed by atoms with E-state index in [0.717, 1.165) is 35.1 Å². The van der Waals surface area contributed by atoms with E-state index in [-0.39, 0.29) is 5.41 Å². The zero-order valence-corrected chi connectivity index (χ0v) is 15.6. The zero-order valence-electron chi connectivity index (χ0n) is 11.7. The summed E-state index contributed by atoms with van der Waals surface area (Å²) in [5, 5.41) is 2.56. The smallest absolute Gasteiger partial charge is 0.0700 e. The highest BCUT2D eigenvalue weighted by molar-refractivity contribution is 9.09. The average molecular weight is 429 g/mol. The van der Waals surface area contributed by atoms with E-state index in [2.05, 4.69) is 37.9 Å². The van der Waals surface area contributed by atoms with Crippen molar-refractivity contribution < 1.29 is 9.47 Å². The largest absolute Gasteiger partial charge is 0.382 e. The SMILES string of the molecule is COCCOCCCC(CBr)(CBr)c1ccccc1Cl. The predicted molar refractivity (Wildman–Crippen MR) is 92.6 cm³/mol. The normalized spacial score (nSPS) is 11.8. The Labute approximate surface area is 143 Å². The van der Waals surface area contributed by atoms with Crippen molar-refractivity contribution in [1.29, 1.82) is 0 Å². The van der Waals surface area contributed by atoms with Crippen molar-refractivity contribution in [1.82, 2.24) is 0 Å². The maximum absolute atomic E-state index is 6.36. The van der Waals surface area contributed by atoms with Crippen LogP contribution in [0.15, 0.2) is 24.3 Å². The van der Waals surface area contributed by atoms with Crippen molar-refractivity contribution >= 4 is 43.5 Å². The first kappa shape index (κ1) is 18.4. The van der Waals surface area contributed by atoms with Gasteiger partial charge in [0.15, 0.2) is 0 Å². The van der Waals surface area contributed by atoms with Crippen LogP contribution in [0.3, 0.4) is 0 Å². The van der Waals surface area contributed by atoms with Gasteiger partial charge in [-0.15, -0.1) is 0 Å². The van der Waals surface area contributed by atoms with Crippen molar-refractivity contribution in [3.05, 3.63) is 34.9 Å². The van der Waals surface area contributed by atoms with Gasteiger partial charge in [-0.2, -0.15) is 0 Å². The molecule has 1 aromatic carbocycles. The molecule has 0 unspecified atom stereocenters. The van der Waals surface area contributed by atoms with Gasteiger partial charge in [0.05, 0.1) is 13.2 Å². The second kappa shape index (κ2) is 10.2. The first-order valence-electron chi connectivity index (χ1n) is 6.64. The van der Waals surface area contributed by atoms with Crippen LogP contribution in [-0.2, 0) is 14.9 Å². The first-order chi connectivity index (χ1) is 9.70. The maximum Gasteiger partial charge on any atom is 0.0700 e. The molecule has 0 aromatic heterocycles. The molecular formula is C15H21Br2ClO2. The number of benzene rings is 1. The van der Waals surface area contributed by atoms with Gasteiger partial charge in [0.1, 0.15) is 0 Å². The van der Waals surface area contributed by atoms with Gasteiger partial charge in [0.25, 0.3) is 0 Å². The molecule has 0 aliphatic heterocycles. The second-order valence-corrected chi connectivity index (χ2v) is 6.26. The lowest BCUT2D eigenvalue weighted by molar-refractivity contribution is 0.0671. The molecule has 5 heteroatoms. The fraction of sp³-hybridized carbons (Fsp3) is 0.600. The third kappa shape index (κ3) is 5.30. The number of rotatable bonds is 10. The summed E-state index contributed by atoms with van der Waals surface area (Å²) in [5.74, 6) is 0. The summed E-state index contributed by atoms with van der Waals surface area (Å²) >= 11 is 13.7. The van der Waals surface area contributed by atoms with Crippen molar-refractivity contribution in [2.24, 2.45) is 0 Å². The van der Waals surface area contributed by atoms with Crippen LogP contribution < -0.4 is 0 Å². The number of hydrogen-bond donors (Lipinski definition) is 0. The minimum absolute atomic E-state index is 0.00294. The summed E-state index contributed by atoms with van der Waals surface area (Å²) in [4.78, 5) is 0. The lowest BCUT2D eigenvalue weighted by atomic mass is 9.80. The fourth-order valence-electron chi connectivity index (χ4n) is 2.10. The summed E-state index contributed by atoms with van der Waals surface area (Å²) in [6.07, 6.45) is 2.01. The van der Waals surface area contributed by atoms with Crippen LogP contribution in [0.4, 0.5) is 0 Å². The molecule has 1 aromatic rings. The topological polar surface area (TPSA) is 18.5 Å². The van der Waals surface area contributed by atoms with Crippen LogP contribution >= 0.6 is 43.5 Å². The minimum atomic E-state index is 0.00294. The highest BCUT2D eigenvalue weighted by atomic mass is 79.9. The molecule has 0 atom stereocenters. The van der Waals surface area contributed by atoms with Crippen LogP contribution in [-0.4, -0.2) is 37.6 Å². The Morgan fingerprint density at radius 3 is 2.40 bits per heavy atom. The number of methoxy groups -OCH3 is 1. The highest BCUT2D eigenvalue weighted by Crippen LogP contribution is 2.37. The van der Waals surface area contributed by atoms with Crippen molar-refractivity contribution in [2.45, 2.75) is 18.3 Å². The third-order valence-electron chi connectivity index (χ3n) is 3.33. The molecule has 0 aliphatic rings. The van der Waals surface area contributed by atoms with Crippen LogP contribution in [0.2, 0.25) is 5.02 Å². The molecule has 0 heterocycles. The molecule has 0 N–H and O–H groups in total. The molecule has 0 saturated heterocycles. The van der Waals surface area contributed by atoms with Gasteiger partial charge in [0, 0.05) is 34.8 Å². The Bertz CT molecular complexity index is 384. The minimum Gasteiger partial charge on any atom is -0.382 e. The van der Waals surface area contributed by atoms with E-state index in [1.54, 1.807) is 7.11 Å². The Kier molecular flexibility index (Phi) is 9.38. The van der Waals surface area contributed by atoms with Crippen molar-refractivity contribution in [3.63, 3.8) is 0 Å². The average Bonchev–Trinajstić information content (AvgIpc) is 2.48. The highest BCUT2D eigenvalue weighted by Gasteiger charge is 2.31. The summed E-state index contributed by atoms with van der Waals surface area (Å²) in [6.45, 7) is 2.04. The van der Waals surface area contributed by atoms with Gasteiger partial charge < -0.3 is 9.47 Å². The van der Waals surface area contributed by atoms with Crippen LogP contribution in [0.25, 0.3) is 0 Å². The van der Waals surface area contributed by atoms with Gasteiger partial charge in [-0.05, 0) is 24.5 Å². The molecule has 20 heavy (non-hydrogen) atoms. The Morgan fingerprint density at radius 2 is 1.80 bits per heavy atom. The Balaban J connectivity index is 2.61. The molecule has 0 amide bonds. The van der Waals surface area contributed by atoms with E-state index in [9.17, 15) is 0 Å². The molecule has 2 nitrogen and oxygen atoms in total. The molecule has 0 fully saturated rings. The van der Waals surface area contributed by atoms with Gasteiger partial charge in [-0.1, -0.05) is 61.7 Å². The molecule has 0 spiro atoms. The van der Waals surface area contributed by atoms with Crippen molar-refractivity contribution in [3.8, 4) is 0 Å². The van der Waals surface area contributed by atoms with E-state index in [1.807, 2.05) is 18.2 Å². The van der Waals surface area contributed by atoms with E-state index >= 15 is 0 Å². The lowest BCUT2D eigenvalue weighted by Crippen LogP contribution is -2.31. The van der Waals surface area contributed by atoms with Gasteiger partial charge in [0.2, 0.25) is 0 Å². The van der Waals surface area contributed by atoms with Crippen LogP contribution in [0.1, 0.15) is 18.4 Å². The van der Waals surface area contributed by atoms with E-state index in [4.69, 9.17) is 21.1 Å². The van der Waals surface area contributed by atoms with E-state index < -0.39 is 0 Å². The zero-order chi connectivity index (χ0) is 14.8. The van der Waals surface area contributed by atoms with Gasteiger partial charge in [-0.25, -0.2) is 0 Å². The summed E-state index contributed by atoms with van der Waals surface area (Å²) in [7, 11) is 1.68. The fourth-order valence-corrected chi connectivity index (χ4v) is 4.53. The molecule has 0 bridgehead atoms. The molecule has 1 rings (SSSR count). The number of halogens is 3. The molecule has 0 saturated carbocycles. The monoisotopic (exact) mass is 426 g/mol. The van der Waals surface area contributed by atoms with Gasteiger partial charge >= 0.3 is 0 Å². The Hall–Kier alpha value is 0.390. The van der Waals surface area contributed by atoms with Gasteiger partial charge in [-0.3, -0.25) is 0 Å². The van der Waals surface area contributed by atoms with E-state index in [1.165, 1.54) is 5.56 Å². The second-order valence-electron chi connectivity index (χ2n) is 4.74. The van der Waals surface area contributed by atoms with Crippen molar-refractivity contribution in [2.75, 3.05) is 37.6 Å². The quantitative estimate of drug-likeness (QED) is 0.393. The number of ether oxygens (including phenoxy) is 2. The third-order valence-corrected chi connectivity index (χ3v) is 5.81. The number of hydrogen-bond acceptors (Lipinski definition) is 2. The van der Waals surface area contributed by atoms with Crippen LogP contribution in [0, 0.1) is 0 Å². The molecule has 114 valence electrons. The summed E-state index contributed by atoms with van der Waals surface area (Å²) < 4.78 is 10.5. The Morgan fingerprint density at radius 1 is 1.10 bits per heavy atom. The van der Waals surface area contributed by atoms with Crippen LogP contribution in [0.5, 0.6) is 0 Å². The maximum atomic E-state index is 6.36. The molecular weight excluding hydrogens is 407 g/mol. The predicted octanol–water partition coefficient (Wildman–Crippen LogP) is 4.81.